The molecule has 1 aliphatic heterocycles. The van der Waals surface area contributed by atoms with E-state index in [1.54, 1.807) is 11.3 Å². The number of anilines is 1. The molecule has 1 aromatic heterocycles. The number of thiophene rings is 1. The standard InChI is InChI=1S/C8H12N2S/c1-10-3-2-6-4-8(9)11-7(6)5-10/h4H,2-3,5,9H2,1H3. The van der Waals surface area contributed by atoms with Gasteiger partial charge in [-0.05, 0) is 25.1 Å². The molecule has 2 nitrogen and oxygen atoms in total. The SMILES string of the molecule is CN1CCc2cc(N)sc2C1. The van der Waals surface area contributed by atoms with Crippen molar-refractivity contribution in [1.29, 1.82) is 0 Å². The van der Waals surface area contributed by atoms with E-state index in [1.807, 2.05) is 0 Å². The van der Waals surface area contributed by atoms with Crippen LogP contribution in [0.15, 0.2) is 6.07 Å². The van der Waals surface area contributed by atoms with E-state index in [4.69, 9.17) is 5.73 Å². The Balaban J connectivity index is 2.34. The first-order valence-corrected chi connectivity index (χ1v) is 4.63. The maximum absolute atomic E-state index is 5.70. The molecule has 1 aromatic rings. The van der Waals surface area contributed by atoms with Crippen molar-refractivity contribution in [2.75, 3.05) is 19.3 Å². The van der Waals surface area contributed by atoms with Crippen LogP contribution in [0.4, 0.5) is 5.00 Å². The summed E-state index contributed by atoms with van der Waals surface area (Å²) in [5.41, 5.74) is 7.17. The van der Waals surface area contributed by atoms with Gasteiger partial charge in [0.2, 0.25) is 0 Å². The quantitative estimate of drug-likeness (QED) is 0.633. The van der Waals surface area contributed by atoms with E-state index in [1.165, 1.54) is 23.4 Å². The van der Waals surface area contributed by atoms with Gasteiger partial charge in [0.15, 0.2) is 0 Å². The van der Waals surface area contributed by atoms with Crippen LogP contribution in [-0.2, 0) is 13.0 Å². The summed E-state index contributed by atoms with van der Waals surface area (Å²) in [7, 11) is 2.15. The van der Waals surface area contributed by atoms with Crippen molar-refractivity contribution in [3.63, 3.8) is 0 Å². The molecular formula is C8H12N2S. The van der Waals surface area contributed by atoms with Crippen LogP contribution < -0.4 is 5.73 Å². The van der Waals surface area contributed by atoms with Crippen LogP contribution in [0.25, 0.3) is 0 Å². The van der Waals surface area contributed by atoms with Crippen LogP contribution in [-0.4, -0.2) is 18.5 Å². The van der Waals surface area contributed by atoms with E-state index >= 15 is 0 Å². The van der Waals surface area contributed by atoms with Gasteiger partial charge in [-0.1, -0.05) is 0 Å². The second kappa shape index (κ2) is 2.50. The minimum Gasteiger partial charge on any atom is -0.391 e. The third kappa shape index (κ3) is 1.26. The Kier molecular flexibility index (Phi) is 1.62. The summed E-state index contributed by atoms with van der Waals surface area (Å²) < 4.78 is 0. The summed E-state index contributed by atoms with van der Waals surface area (Å²) in [4.78, 5) is 3.79. The molecule has 0 aromatic carbocycles. The Morgan fingerprint density at radius 2 is 2.45 bits per heavy atom. The number of fused-ring (bicyclic) bond motifs is 1. The largest absolute Gasteiger partial charge is 0.391 e. The van der Waals surface area contributed by atoms with Gasteiger partial charge < -0.3 is 10.6 Å². The molecule has 0 spiro atoms. The lowest BCUT2D eigenvalue weighted by atomic mass is 10.1. The number of nitrogens with zero attached hydrogens (tertiary/aromatic N) is 1. The van der Waals surface area contributed by atoms with Crippen molar-refractivity contribution < 1.29 is 0 Å². The van der Waals surface area contributed by atoms with Gasteiger partial charge in [0.05, 0.1) is 5.00 Å². The molecule has 0 atom stereocenters. The molecule has 1 aliphatic rings. The zero-order valence-electron chi connectivity index (χ0n) is 6.63. The molecule has 2 N–H and O–H groups in total. The van der Waals surface area contributed by atoms with Gasteiger partial charge >= 0.3 is 0 Å². The molecule has 11 heavy (non-hydrogen) atoms. The minimum absolute atomic E-state index is 0.963. The number of likely N-dealkylation sites (N-methyl/N-ethyl adjacent to an activating group) is 1. The van der Waals surface area contributed by atoms with E-state index in [0.29, 0.717) is 0 Å². The first-order chi connectivity index (χ1) is 5.25. The zero-order chi connectivity index (χ0) is 7.84. The number of hydrogen-bond acceptors (Lipinski definition) is 3. The average Bonchev–Trinajstić information content (AvgIpc) is 2.27. The molecule has 0 bridgehead atoms. The van der Waals surface area contributed by atoms with E-state index < -0.39 is 0 Å². The second-order valence-electron chi connectivity index (χ2n) is 3.08. The lowest BCUT2D eigenvalue weighted by Gasteiger charge is -2.21. The smallest absolute Gasteiger partial charge is 0.0862 e. The molecule has 0 aliphatic carbocycles. The third-order valence-corrected chi connectivity index (χ3v) is 3.08. The minimum atomic E-state index is 0.963. The molecule has 0 amide bonds. The van der Waals surface area contributed by atoms with Crippen molar-refractivity contribution in [3.8, 4) is 0 Å². The van der Waals surface area contributed by atoms with Crippen molar-refractivity contribution in [2.24, 2.45) is 0 Å². The second-order valence-corrected chi connectivity index (χ2v) is 4.25. The van der Waals surface area contributed by atoms with E-state index in [2.05, 4.69) is 18.0 Å². The van der Waals surface area contributed by atoms with Crippen molar-refractivity contribution in [2.45, 2.75) is 13.0 Å². The first-order valence-electron chi connectivity index (χ1n) is 3.81. The Bertz CT molecular complexity index is 267. The highest BCUT2D eigenvalue weighted by Gasteiger charge is 2.14. The van der Waals surface area contributed by atoms with Crippen LogP contribution in [0.2, 0.25) is 0 Å². The average molecular weight is 168 g/mol. The molecule has 0 saturated heterocycles. The number of hydrogen-bond donors (Lipinski definition) is 1. The predicted octanol–water partition coefficient (Wildman–Crippen LogP) is 1.32. The molecule has 60 valence electrons. The van der Waals surface area contributed by atoms with E-state index in [-0.39, 0.29) is 0 Å². The van der Waals surface area contributed by atoms with Crippen LogP contribution in [0.5, 0.6) is 0 Å². The van der Waals surface area contributed by atoms with Gasteiger partial charge in [0.25, 0.3) is 0 Å². The fourth-order valence-electron chi connectivity index (χ4n) is 1.47. The van der Waals surface area contributed by atoms with Crippen LogP contribution >= 0.6 is 11.3 Å². The van der Waals surface area contributed by atoms with Gasteiger partial charge in [0.1, 0.15) is 0 Å². The summed E-state index contributed by atoms with van der Waals surface area (Å²) in [6.45, 7) is 2.25. The molecule has 2 rings (SSSR count). The Labute approximate surface area is 70.6 Å². The highest BCUT2D eigenvalue weighted by atomic mass is 32.1. The van der Waals surface area contributed by atoms with Crippen molar-refractivity contribution in [3.05, 3.63) is 16.5 Å². The van der Waals surface area contributed by atoms with Crippen LogP contribution in [0.1, 0.15) is 10.4 Å². The summed E-state index contributed by atoms with van der Waals surface area (Å²) >= 11 is 1.73. The molecule has 0 unspecified atom stereocenters. The third-order valence-electron chi connectivity index (χ3n) is 2.09. The Morgan fingerprint density at radius 1 is 1.64 bits per heavy atom. The van der Waals surface area contributed by atoms with Gasteiger partial charge in [-0.15, -0.1) is 11.3 Å². The molecule has 0 fully saturated rings. The van der Waals surface area contributed by atoms with Crippen molar-refractivity contribution >= 4 is 16.3 Å². The summed E-state index contributed by atoms with van der Waals surface area (Å²) in [5, 5.41) is 0.963. The number of nitrogens with two attached hydrogens (primary N) is 1. The van der Waals surface area contributed by atoms with Gasteiger partial charge in [-0.3, -0.25) is 0 Å². The highest BCUT2D eigenvalue weighted by molar-refractivity contribution is 7.16. The number of rotatable bonds is 0. The first kappa shape index (κ1) is 7.13. The molecule has 3 heteroatoms. The van der Waals surface area contributed by atoms with Crippen LogP contribution in [0.3, 0.4) is 0 Å². The lowest BCUT2D eigenvalue weighted by Crippen LogP contribution is -2.24. The van der Waals surface area contributed by atoms with E-state index in [0.717, 1.165) is 11.5 Å². The summed E-state index contributed by atoms with van der Waals surface area (Å²) in [6, 6.07) is 2.12. The molecule has 0 saturated carbocycles. The zero-order valence-corrected chi connectivity index (χ0v) is 7.45. The maximum Gasteiger partial charge on any atom is 0.0862 e. The molecule has 0 radical (unpaired) electrons. The monoisotopic (exact) mass is 168 g/mol. The lowest BCUT2D eigenvalue weighted by molar-refractivity contribution is 0.317. The topological polar surface area (TPSA) is 29.3 Å². The highest BCUT2D eigenvalue weighted by Crippen LogP contribution is 2.28. The fourth-order valence-corrected chi connectivity index (χ4v) is 2.53. The molecule has 2 heterocycles. The predicted molar refractivity (Wildman–Crippen MR) is 48.8 cm³/mol. The van der Waals surface area contributed by atoms with Gasteiger partial charge in [-0.25, -0.2) is 0 Å². The van der Waals surface area contributed by atoms with Crippen molar-refractivity contribution in [1.82, 2.24) is 4.90 Å². The molecular weight excluding hydrogens is 156 g/mol. The summed E-state index contributed by atoms with van der Waals surface area (Å²) in [6.07, 6.45) is 1.17. The number of nitrogen functional groups attached to an aromatic ring is 1. The maximum atomic E-state index is 5.70. The Hall–Kier alpha value is -0.540. The van der Waals surface area contributed by atoms with Gasteiger partial charge in [0, 0.05) is 18.0 Å². The normalized spacial score (nSPS) is 18.3. The fraction of sp³-hybridized carbons (Fsp3) is 0.500. The Morgan fingerprint density at radius 3 is 3.27 bits per heavy atom. The van der Waals surface area contributed by atoms with Gasteiger partial charge in [-0.2, -0.15) is 0 Å². The van der Waals surface area contributed by atoms with E-state index in [9.17, 15) is 0 Å². The summed E-state index contributed by atoms with van der Waals surface area (Å²) in [5.74, 6) is 0. The van der Waals surface area contributed by atoms with Crippen LogP contribution in [0, 0.1) is 0 Å².